The number of nitrogens with one attached hydrogen (secondary N) is 1. The fourth-order valence-corrected chi connectivity index (χ4v) is 1.54. The second-order valence-corrected chi connectivity index (χ2v) is 3.11. The Morgan fingerprint density at radius 2 is 1.93 bits per heavy atom. The molecule has 1 aromatic carbocycles. The van der Waals surface area contributed by atoms with Gasteiger partial charge in [-0.1, -0.05) is 0 Å². The zero-order valence-electron chi connectivity index (χ0n) is 7.82. The number of ether oxygens (including phenoxy) is 1. The third-order valence-corrected chi connectivity index (χ3v) is 2.11. The van der Waals surface area contributed by atoms with E-state index in [2.05, 4.69) is 4.98 Å². The van der Waals surface area contributed by atoms with Crippen LogP contribution in [0.1, 0.15) is 5.69 Å². The van der Waals surface area contributed by atoms with Gasteiger partial charge in [-0.15, -0.1) is 0 Å². The fraction of sp³-hybridized carbons (Fsp3) is 0.200. The lowest BCUT2D eigenvalue weighted by Gasteiger charge is -2.03. The highest BCUT2D eigenvalue weighted by Crippen LogP contribution is 2.31. The molecule has 0 aliphatic carbocycles. The van der Waals surface area contributed by atoms with E-state index in [9.17, 15) is 8.78 Å². The predicted octanol–water partition coefficient (Wildman–Crippen LogP) is 2.76. The van der Waals surface area contributed by atoms with Gasteiger partial charge in [0.1, 0.15) is 5.82 Å². The lowest BCUT2D eigenvalue weighted by molar-refractivity contribution is 0.390. The Kier molecular flexibility index (Phi) is 1.91. The number of hydrogen-bond donors (Lipinski definition) is 1. The van der Waals surface area contributed by atoms with Gasteiger partial charge in [-0.2, -0.15) is 0 Å². The molecular weight excluding hydrogens is 188 g/mol. The van der Waals surface area contributed by atoms with E-state index in [1.54, 1.807) is 13.0 Å². The van der Waals surface area contributed by atoms with E-state index >= 15 is 0 Å². The first kappa shape index (κ1) is 8.99. The minimum atomic E-state index is -0.684. The van der Waals surface area contributed by atoms with E-state index in [0.29, 0.717) is 5.39 Å². The highest BCUT2D eigenvalue weighted by atomic mass is 19.1. The summed E-state index contributed by atoms with van der Waals surface area (Å²) in [6.45, 7) is 1.77. The summed E-state index contributed by atoms with van der Waals surface area (Å²) >= 11 is 0. The summed E-state index contributed by atoms with van der Waals surface area (Å²) < 4.78 is 31.3. The standard InChI is InChI=1S/C10H9F2NO/c1-5-3-6-9(13-5)7(11)4-8(12)10(6)14-2/h3-4,13H,1-2H3. The summed E-state index contributed by atoms with van der Waals surface area (Å²) in [5.41, 5.74) is 1.04. The predicted molar refractivity (Wildman–Crippen MR) is 49.5 cm³/mol. The average molecular weight is 197 g/mol. The number of halogens is 2. The number of aromatic amines is 1. The normalized spacial score (nSPS) is 10.9. The smallest absolute Gasteiger partial charge is 0.168 e. The molecule has 0 saturated carbocycles. The molecule has 0 atom stereocenters. The Hall–Kier alpha value is -1.58. The van der Waals surface area contributed by atoms with Crippen LogP contribution in [0, 0.1) is 18.6 Å². The Labute approximate surface area is 79.5 Å². The molecule has 0 saturated heterocycles. The number of fused-ring (bicyclic) bond motifs is 1. The number of methoxy groups -OCH3 is 1. The van der Waals surface area contributed by atoms with Crippen molar-refractivity contribution >= 4 is 10.9 Å². The van der Waals surface area contributed by atoms with Gasteiger partial charge in [0.05, 0.1) is 12.6 Å². The van der Waals surface area contributed by atoms with Crippen LogP contribution < -0.4 is 4.74 Å². The van der Waals surface area contributed by atoms with E-state index < -0.39 is 11.6 Å². The average Bonchev–Trinajstić information content (AvgIpc) is 2.48. The molecule has 1 heterocycles. The second kappa shape index (κ2) is 2.97. The van der Waals surface area contributed by atoms with Crippen molar-refractivity contribution in [1.29, 1.82) is 0 Å². The van der Waals surface area contributed by atoms with E-state index in [1.807, 2.05) is 0 Å². The lowest BCUT2D eigenvalue weighted by atomic mass is 10.2. The molecule has 0 amide bonds. The zero-order valence-corrected chi connectivity index (χ0v) is 7.82. The summed E-state index contributed by atoms with van der Waals surface area (Å²) in [7, 11) is 1.36. The Bertz CT molecular complexity index is 490. The van der Waals surface area contributed by atoms with Gasteiger partial charge >= 0.3 is 0 Å². The molecule has 0 aliphatic rings. The van der Waals surface area contributed by atoms with Gasteiger partial charge in [0.15, 0.2) is 11.6 Å². The number of H-pyrrole nitrogens is 1. The van der Waals surface area contributed by atoms with Crippen LogP contribution in [-0.4, -0.2) is 12.1 Å². The minimum absolute atomic E-state index is 0.0748. The zero-order chi connectivity index (χ0) is 10.3. The summed E-state index contributed by atoms with van der Waals surface area (Å²) in [5, 5.41) is 0.433. The third kappa shape index (κ3) is 1.14. The van der Waals surface area contributed by atoms with Crippen LogP contribution in [0.5, 0.6) is 5.75 Å². The number of hydrogen-bond acceptors (Lipinski definition) is 1. The molecule has 1 N–H and O–H groups in total. The largest absolute Gasteiger partial charge is 0.493 e. The summed E-state index contributed by atoms with van der Waals surface area (Å²) in [4.78, 5) is 2.81. The molecule has 0 unspecified atom stereocenters. The SMILES string of the molecule is COc1c(F)cc(F)c2[nH]c(C)cc12. The molecule has 0 spiro atoms. The first-order valence-corrected chi connectivity index (χ1v) is 4.15. The van der Waals surface area contributed by atoms with E-state index in [1.165, 1.54) is 7.11 Å². The molecule has 14 heavy (non-hydrogen) atoms. The van der Waals surface area contributed by atoms with Crippen molar-refractivity contribution in [3.8, 4) is 5.75 Å². The van der Waals surface area contributed by atoms with Crippen molar-refractivity contribution in [3.05, 3.63) is 29.5 Å². The van der Waals surface area contributed by atoms with E-state index in [4.69, 9.17) is 4.74 Å². The molecule has 0 radical (unpaired) electrons. The highest BCUT2D eigenvalue weighted by Gasteiger charge is 2.14. The van der Waals surface area contributed by atoms with Crippen molar-refractivity contribution < 1.29 is 13.5 Å². The summed E-state index contributed by atoms with van der Waals surface area (Å²) in [5.74, 6) is -1.21. The second-order valence-electron chi connectivity index (χ2n) is 3.11. The van der Waals surface area contributed by atoms with Gasteiger partial charge < -0.3 is 9.72 Å². The van der Waals surface area contributed by atoms with Crippen molar-refractivity contribution in [3.63, 3.8) is 0 Å². The van der Waals surface area contributed by atoms with E-state index in [-0.39, 0.29) is 11.3 Å². The Balaban J connectivity index is 2.89. The van der Waals surface area contributed by atoms with Gasteiger partial charge in [0, 0.05) is 17.1 Å². The first-order valence-electron chi connectivity index (χ1n) is 4.15. The third-order valence-electron chi connectivity index (χ3n) is 2.11. The van der Waals surface area contributed by atoms with E-state index in [0.717, 1.165) is 11.8 Å². The van der Waals surface area contributed by atoms with Crippen molar-refractivity contribution in [2.75, 3.05) is 7.11 Å². The monoisotopic (exact) mass is 197 g/mol. The van der Waals surface area contributed by atoms with Crippen LogP contribution >= 0.6 is 0 Å². The number of benzene rings is 1. The van der Waals surface area contributed by atoms with Gasteiger partial charge in [0.2, 0.25) is 0 Å². The first-order chi connectivity index (χ1) is 6.63. The Morgan fingerprint density at radius 1 is 1.21 bits per heavy atom. The molecule has 4 heteroatoms. The topological polar surface area (TPSA) is 25.0 Å². The van der Waals surface area contributed by atoms with Crippen LogP contribution in [0.3, 0.4) is 0 Å². The maximum Gasteiger partial charge on any atom is 0.168 e. The van der Waals surface area contributed by atoms with Crippen molar-refractivity contribution in [2.45, 2.75) is 6.92 Å². The number of aromatic nitrogens is 1. The van der Waals surface area contributed by atoms with Crippen LogP contribution in [0.25, 0.3) is 10.9 Å². The maximum atomic E-state index is 13.2. The van der Waals surface area contributed by atoms with Crippen LogP contribution in [0.2, 0.25) is 0 Å². The fourth-order valence-electron chi connectivity index (χ4n) is 1.54. The molecule has 0 fully saturated rings. The maximum absolute atomic E-state index is 13.2. The molecular formula is C10H9F2NO. The molecule has 2 rings (SSSR count). The number of aryl methyl sites for hydroxylation is 1. The van der Waals surface area contributed by atoms with Crippen LogP contribution in [0.4, 0.5) is 8.78 Å². The van der Waals surface area contributed by atoms with Gasteiger partial charge in [0.25, 0.3) is 0 Å². The Morgan fingerprint density at radius 3 is 2.57 bits per heavy atom. The van der Waals surface area contributed by atoms with Crippen LogP contribution in [-0.2, 0) is 0 Å². The minimum Gasteiger partial charge on any atom is -0.493 e. The quantitative estimate of drug-likeness (QED) is 0.747. The van der Waals surface area contributed by atoms with Crippen molar-refractivity contribution in [1.82, 2.24) is 4.98 Å². The molecule has 0 bridgehead atoms. The molecule has 0 aliphatic heterocycles. The summed E-state index contributed by atoms with van der Waals surface area (Å²) in [6.07, 6.45) is 0. The molecule has 2 nitrogen and oxygen atoms in total. The van der Waals surface area contributed by atoms with Crippen LogP contribution in [0.15, 0.2) is 12.1 Å². The molecule has 1 aromatic heterocycles. The van der Waals surface area contributed by atoms with Crippen molar-refractivity contribution in [2.24, 2.45) is 0 Å². The van der Waals surface area contributed by atoms with Gasteiger partial charge in [-0.05, 0) is 13.0 Å². The highest BCUT2D eigenvalue weighted by molar-refractivity contribution is 5.87. The number of rotatable bonds is 1. The summed E-state index contributed by atoms with van der Waals surface area (Å²) in [6, 6.07) is 2.47. The molecule has 2 aromatic rings. The van der Waals surface area contributed by atoms with Gasteiger partial charge in [-0.3, -0.25) is 0 Å². The van der Waals surface area contributed by atoms with Gasteiger partial charge in [-0.25, -0.2) is 8.78 Å². The lowest BCUT2D eigenvalue weighted by Crippen LogP contribution is -1.90. The molecule has 74 valence electrons.